The SMILES string of the molecule is CC#CC1CC(O)C(C#CC2CC(OCC)C(C(C)C)S2)S1. The van der Waals surface area contributed by atoms with Gasteiger partial charge in [-0.05, 0) is 32.6 Å². The van der Waals surface area contributed by atoms with E-state index >= 15 is 0 Å². The lowest BCUT2D eigenvalue weighted by Gasteiger charge is -2.21. The molecule has 2 heterocycles. The van der Waals surface area contributed by atoms with Crippen molar-refractivity contribution in [3.05, 3.63) is 0 Å². The van der Waals surface area contributed by atoms with Crippen LogP contribution in [0.5, 0.6) is 0 Å². The van der Waals surface area contributed by atoms with Crippen molar-refractivity contribution in [1.29, 1.82) is 0 Å². The Morgan fingerprint density at radius 1 is 1.14 bits per heavy atom. The molecule has 122 valence electrons. The van der Waals surface area contributed by atoms with Crippen LogP contribution in [0.4, 0.5) is 0 Å². The molecule has 6 atom stereocenters. The molecule has 0 saturated carbocycles. The zero-order valence-electron chi connectivity index (χ0n) is 13.8. The highest BCUT2D eigenvalue weighted by atomic mass is 32.2. The van der Waals surface area contributed by atoms with Crippen LogP contribution in [0.1, 0.15) is 40.5 Å². The Morgan fingerprint density at radius 2 is 1.86 bits per heavy atom. The van der Waals surface area contributed by atoms with Crippen molar-refractivity contribution in [3.8, 4) is 23.7 Å². The van der Waals surface area contributed by atoms with Gasteiger partial charge < -0.3 is 9.84 Å². The maximum atomic E-state index is 10.1. The van der Waals surface area contributed by atoms with E-state index in [1.54, 1.807) is 11.8 Å². The molecule has 2 nitrogen and oxygen atoms in total. The first kappa shape index (κ1) is 18.1. The maximum absolute atomic E-state index is 10.1. The van der Waals surface area contributed by atoms with Gasteiger partial charge in [0.2, 0.25) is 0 Å². The summed E-state index contributed by atoms with van der Waals surface area (Å²) in [4.78, 5) is 0. The molecule has 2 fully saturated rings. The van der Waals surface area contributed by atoms with E-state index in [0.717, 1.165) is 19.4 Å². The fourth-order valence-electron chi connectivity index (χ4n) is 2.96. The summed E-state index contributed by atoms with van der Waals surface area (Å²) in [5, 5.41) is 11.2. The first-order chi connectivity index (χ1) is 10.5. The summed E-state index contributed by atoms with van der Waals surface area (Å²) in [6.45, 7) is 9.18. The predicted molar refractivity (Wildman–Crippen MR) is 97.1 cm³/mol. The maximum Gasteiger partial charge on any atom is 0.0928 e. The molecule has 0 aliphatic carbocycles. The molecule has 22 heavy (non-hydrogen) atoms. The Morgan fingerprint density at radius 3 is 2.50 bits per heavy atom. The normalized spacial score (nSPS) is 37.5. The summed E-state index contributed by atoms with van der Waals surface area (Å²) in [7, 11) is 0. The minimum Gasteiger partial charge on any atom is -0.391 e. The molecule has 0 radical (unpaired) electrons. The van der Waals surface area contributed by atoms with Gasteiger partial charge in [-0.15, -0.1) is 29.4 Å². The molecule has 2 saturated heterocycles. The van der Waals surface area contributed by atoms with Crippen molar-refractivity contribution in [2.75, 3.05) is 6.61 Å². The van der Waals surface area contributed by atoms with Gasteiger partial charge >= 0.3 is 0 Å². The van der Waals surface area contributed by atoms with Crippen LogP contribution in [0, 0.1) is 29.6 Å². The van der Waals surface area contributed by atoms with Crippen LogP contribution in [-0.4, -0.2) is 44.9 Å². The van der Waals surface area contributed by atoms with E-state index in [0.29, 0.717) is 22.5 Å². The predicted octanol–water partition coefficient (Wildman–Crippen LogP) is 3.18. The van der Waals surface area contributed by atoms with Gasteiger partial charge in [0.15, 0.2) is 0 Å². The summed E-state index contributed by atoms with van der Waals surface area (Å²) in [6, 6.07) is 0. The number of ether oxygens (including phenoxy) is 1. The minimum absolute atomic E-state index is 0.00935. The van der Waals surface area contributed by atoms with Gasteiger partial charge in [0, 0.05) is 11.9 Å². The third-order valence-electron chi connectivity index (χ3n) is 3.98. The van der Waals surface area contributed by atoms with Crippen molar-refractivity contribution >= 4 is 23.5 Å². The third kappa shape index (κ3) is 4.62. The smallest absolute Gasteiger partial charge is 0.0928 e. The number of aliphatic hydroxyl groups excluding tert-OH is 1. The molecule has 0 aromatic carbocycles. The van der Waals surface area contributed by atoms with Crippen LogP contribution in [0.2, 0.25) is 0 Å². The number of hydrogen-bond acceptors (Lipinski definition) is 4. The summed E-state index contributed by atoms with van der Waals surface area (Å²) in [5.74, 6) is 13.4. The zero-order chi connectivity index (χ0) is 16.1. The highest BCUT2D eigenvalue weighted by molar-refractivity contribution is 8.01. The second-order valence-corrected chi connectivity index (χ2v) is 8.83. The van der Waals surface area contributed by atoms with Crippen LogP contribution in [0.3, 0.4) is 0 Å². The Labute approximate surface area is 143 Å². The van der Waals surface area contributed by atoms with Gasteiger partial charge in [-0.1, -0.05) is 31.6 Å². The largest absolute Gasteiger partial charge is 0.391 e. The average molecular weight is 339 g/mol. The second kappa shape index (κ2) is 8.55. The van der Waals surface area contributed by atoms with Crippen LogP contribution >= 0.6 is 23.5 Å². The monoisotopic (exact) mass is 338 g/mol. The summed E-state index contributed by atoms with van der Waals surface area (Å²) >= 11 is 3.65. The Kier molecular flexibility index (Phi) is 7.03. The van der Waals surface area contributed by atoms with E-state index in [9.17, 15) is 5.11 Å². The van der Waals surface area contributed by atoms with Gasteiger partial charge in [0.25, 0.3) is 0 Å². The van der Waals surface area contributed by atoms with E-state index in [-0.39, 0.29) is 16.6 Å². The number of aliphatic hydroxyl groups is 1. The summed E-state index contributed by atoms with van der Waals surface area (Å²) in [5.41, 5.74) is 0. The number of rotatable bonds is 3. The van der Waals surface area contributed by atoms with Crippen molar-refractivity contribution in [1.82, 2.24) is 0 Å². The van der Waals surface area contributed by atoms with Crippen LogP contribution in [-0.2, 0) is 4.74 Å². The molecule has 6 unspecified atom stereocenters. The lowest BCUT2D eigenvalue weighted by molar-refractivity contribution is 0.0549. The fraction of sp³-hybridized carbons (Fsp3) is 0.778. The highest BCUT2D eigenvalue weighted by Gasteiger charge is 2.37. The fourth-order valence-corrected chi connectivity index (χ4v) is 5.73. The molecule has 0 spiro atoms. The van der Waals surface area contributed by atoms with Gasteiger partial charge in [-0.2, -0.15) is 0 Å². The van der Waals surface area contributed by atoms with E-state index in [2.05, 4.69) is 44.5 Å². The van der Waals surface area contributed by atoms with Crippen molar-refractivity contribution in [2.24, 2.45) is 5.92 Å². The Bertz CT molecular complexity index is 483. The Hall–Kier alpha value is -0.260. The van der Waals surface area contributed by atoms with E-state index < -0.39 is 0 Å². The van der Waals surface area contributed by atoms with E-state index in [4.69, 9.17) is 4.74 Å². The second-order valence-electron chi connectivity index (χ2n) is 6.09. The minimum atomic E-state index is -0.349. The van der Waals surface area contributed by atoms with Crippen LogP contribution < -0.4 is 0 Å². The van der Waals surface area contributed by atoms with Gasteiger partial charge in [0.1, 0.15) is 0 Å². The van der Waals surface area contributed by atoms with Crippen LogP contribution in [0.15, 0.2) is 0 Å². The van der Waals surface area contributed by atoms with Gasteiger partial charge in [0.05, 0.1) is 28.0 Å². The molecule has 2 aliphatic heterocycles. The molecule has 0 bridgehead atoms. The van der Waals surface area contributed by atoms with Gasteiger partial charge in [-0.3, -0.25) is 0 Å². The highest BCUT2D eigenvalue weighted by Crippen LogP contribution is 2.40. The lowest BCUT2D eigenvalue weighted by atomic mass is 10.0. The zero-order valence-corrected chi connectivity index (χ0v) is 15.5. The van der Waals surface area contributed by atoms with E-state index in [1.807, 2.05) is 18.7 Å². The molecule has 4 heteroatoms. The number of hydrogen-bond donors (Lipinski definition) is 1. The molecule has 1 N–H and O–H groups in total. The molecular formula is C18H26O2S2. The summed E-state index contributed by atoms with van der Waals surface area (Å²) < 4.78 is 5.89. The molecule has 0 amide bonds. The van der Waals surface area contributed by atoms with Gasteiger partial charge in [-0.25, -0.2) is 0 Å². The summed E-state index contributed by atoms with van der Waals surface area (Å²) in [6.07, 6.45) is 1.70. The quantitative estimate of drug-likeness (QED) is 0.801. The molecule has 0 aromatic rings. The third-order valence-corrected chi connectivity index (χ3v) is 7.14. The molecule has 2 aliphatic rings. The first-order valence-corrected chi connectivity index (χ1v) is 9.97. The van der Waals surface area contributed by atoms with E-state index in [1.165, 1.54) is 0 Å². The van der Waals surface area contributed by atoms with Crippen LogP contribution in [0.25, 0.3) is 0 Å². The molecule has 2 rings (SSSR count). The first-order valence-electron chi connectivity index (χ1n) is 8.09. The number of thioether (sulfide) groups is 2. The molecular weight excluding hydrogens is 312 g/mol. The Balaban J connectivity index is 1.95. The molecule has 0 aromatic heterocycles. The standard InChI is InChI=1S/C18H26O2S2/c1-5-7-13-10-15(19)17(21-13)9-8-14-11-16(20-6-2)18(22-14)12(3)4/h12-19H,6,10-11H2,1-4H3. The van der Waals surface area contributed by atoms with Crippen molar-refractivity contribution in [3.63, 3.8) is 0 Å². The average Bonchev–Trinajstić information content (AvgIpc) is 3.01. The van der Waals surface area contributed by atoms with Crippen molar-refractivity contribution < 1.29 is 9.84 Å². The lowest BCUT2D eigenvalue weighted by Crippen LogP contribution is -2.26. The van der Waals surface area contributed by atoms with Crippen molar-refractivity contribution in [2.45, 2.75) is 73.7 Å². The topological polar surface area (TPSA) is 29.5 Å².